The Balaban J connectivity index is 1.81. The van der Waals surface area contributed by atoms with Crippen LogP contribution in [0, 0.1) is 13.8 Å². The Morgan fingerprint density at radius 1 is 1.29 bits per heavy atom. The van der Waals surface area contributed by atoms with E-state index in [2.05, 4.69) is 16.4 Å². The first-order valence-electron chi connectivity index (χ1n) is 10.3. The van der Waals surface area contributed by atoms with Gasteiger partial charge in [-0.25, -0.2) is 0 Å². The summed E-state index contributed by atoms with van der Waals surface area (Å²) in [5.41, 5.74) is 3.79. The topological polar surface area (TPSA) is 68.4 Å². The molecule has 3 rings (SSSR count). The Labute approximate surface area is 172 Å². The number of hydrogen-bond acceptors (Lipinski definition) is 3. The van der Waals surface area contributed by atoms with Gasteiger partial charge in [0.05, 0.1) is 12.1 Å². The number of benzene rings is 1. The zero-order chi connectivity index (χ0) is 20.1. The molecule has 0 atom stereocenters. The lowest BCUT2D eigenvalue weighted by atomic mass is 9.96. The van der Waals surface area contributed by atoms with Crippen LogP contribution in [0.15, 0.2) is 23.0 Å². The Hall–Kier alpha value is -1.92. The maximum atomic E-state index is 12.7. The van der Waals surface area contributed by atoms with Crippen LogP contribution in [0.25, 0.3) is 10.9 Å². The monoisotopic (exact) mass is 401 g/mol. The zero-order valence-corrected chi connectivity index (χ0v) is 17.7. The summed E-state index contributed by atoms with van der Waals surface area (Å²) in [5.74, 6) is 0. The number of H-pyrrole nitrogens is 1. The van der Waals surface area contributed by atoms with Gasteiger partial charge in [-0.15, -0.1) is 0 Å². The highest BCUT2D eigenvalue weighted by Crippen LogP contribution is 2.20. The van der Waals surface area contributed by atoms with E-state index in [0.717, 1.165) is 29.3 Å². The number of rotatable bonds is 6. The number of hydrogen-bond donors (Lipinski definition) is 3. The van der Waals surface area contributed by atoms with Crippen molar-refractivity contribution >= 4 is 28.2 Å². The number of fused-ring (bicyclic) bond motifs is 1. The molecule has 1 fully saturated rings. The Morgan fingerprint density at radius 3 is 2.75 bits per heavy atom. The van der Waals surface area contributed by atoms with E-state index in [4.69, 9.17) is 12.2 Å². The van der Waals surface area contributed by atoms with Gasteiger partial charge in [0.1, 0.15) is 0 Å². The van der Waals surface area contributed by atoms with Crippen LogP contribution in [0.1, 0.15) is 55.2 Å². The molecule has 3 N–H and O–H groups in total. The van der Waals surface area contributed by atoms with Crippen LogP contribution in [-0.4, -0.2) is 39.3 Å². The highest BCUT2D eigenvalue weighted by atomic mass is 32.1. The molecular formula is C22H31N3O2S. The highest BCUT2D eigenvalue weighted by Gasteiger charge is 2.18. The number of pyridine rings is 1. The van der Waals surface area contributed by atoms with Crippen LogP contribution in [0.3, 0.4) is 0 Å². The third-order valence-electron chi connectivity index (χ3n) is 5.80. The number of nitrogens with zero attached hydrogens (tertiary/aromatic N) is 1. The lowest BCUT2D eigenvalue weighted by Crippen LogP contribution is -2.46. The minimum absolute atomic E-state index is 0.0735. The second kappa shape index (κ2) is 9.52. The second-order valence-electron chi connectivity index (χ2n) is 7.88. The Morgan fingerprint density at radius 2 is 2.04 bits per heavy atom. The van der Waals surface area contributed by atoms with E-state index in [-0.39, 0.29) is 12.2 Å². The first-order valence-corrected chi connectivity index (χ1v) is 10.7. The van der Waals surface area contributed by atoms with Gasteiger partial charge >= 0.3 is 0 Å². The molecule has 0 unspecified atom stereocenters. The largest absolute Gasteiger partial charge is 0.396 e. The first-order chi connectivity index (χ1) is 13.5. The van der Waals surface area contributed by atoms with Gasteiger partial charge in [0.15, 0.2) is 5.11 Å². The summed E-state index contributed by atoms with van der Waals surface area (Å²) in [6, 6.07) is 6.51. The predicted octanol–water partition coefficient (Wildman–Crippen LogP) is 3.54. The number of aromatic nitrogens is 1. The molecule has 2 aromatic rings. The van der Waals surface area contributed by atoms with Crippen LogP contribution in [-0.2, 0) is 6.54 Å². The lowest BCUT2D eigenvalue weighted by Gasteiger charge is -2.30. The molecule has 0 saturated heterocycles. The van der Waals surface area contributed by atoms with Crippen molar-refractivity contribution in [3.63, 3.8) is 0 Å². The standard InChI is InChI=1S/C22H31N3O2S/c1-15-9-10-17-13-18(21(27)24-20(17)16(15)2)14-25(11-6-12-26)22(28)23-19-7-4-3-5-8-19/h9-10,13,19,26H,3-8,11-12,14H2,1-2H3,(H,23,28)(H,24,27). The molecule has 1 aliphatic carbocycles. The smallest absolute Gasteiger partial charge is 0.253 e. The quantitative estimate of drug-likeness (QED) is 0.646. The van der Waals surface area contributed by atoms with Crippen molar-refractivity contribution in [2.24, 2.45) is 0 Å². The van der Waals surface area contributed by atoms with Gasteiger partial charge in [-0.1, -0.05) is 31.4 Å². The van der Waals surface area contributed by atoms with E-state index in [1.54, 1.807) is 0 Å². The van der Waals surface area contributed by atoms with Crippen LogP contribution in [0.5, 0.6) is 0 Å². The molecule has 6 heteroatoms. The first kappa shape index (κ1) is 20.8. The molecule has 28 heavy (non-hydrogen) atoms. The van der Waals surface area contributed by atoms with Gasteiger partial charge in [-0.2, -0.15) is 0 Å². The fourth-order valence-electron chi connectivity index (χ4n) is 3.92. The summed E-state index contributed by atoms with van der Waals surface area (Å²) >= 11 is 5.67. The number of aryl methyl sites for hydroxylation is 2. The lowest BCUT2D eigenvalue weighted by molar-refractivity contribution is 0.262. The van der Waals surface area contributed by atoms with Crippen LogP contribution >= 0.6 is 12.2 Å². The van der Waals surface area contributed by atoms with Crippen molar-refractivity contribution in [1.82, 2.24) is 15.2 Å². The molecule has 0 radical (unpaired) electrons. The van der Waals surface area contributed by atoms with Gasteiger partial charge in [-0.3, -0.25) is 4.79 Å². The van der Waals surface area contributed by atoms with E-state index in [1.165, 1.54) is 24.8 Å². The molecule has 152 valence electrons. The molecular weight excluding hydrogens is 370 g/mol. The van der Waals surface area contributed by atoms with Crippen molar-refractivity contribution in [2.45, 2.75) is 65.0 Å². The fraction of sp³-hybridized carbons (Fsp3) is 0.545. The Kier molecular flexibility index (Phi) is 7.08. The van der Waals surface area contributed by atoms with Crippen molar-refractivity contribution < 1.29 is 5.11 Å². The molecule has 1 aliphatic rings. The molecule has 1 aromatic carbocycles. The summed E-state index contributed by atoms with van der Waals surface area (Å²) < 4.78 is 0. The number of aliphatic hydroxyl groups is 1. The molecule has 1 aromatic heterocycles. The van der Waals surface area contributed by atoms with Crippen molar-refractivity contribution in [3.8, 4) is 0 Å². The third-order valence-corrected chi connectivity index (χ3v) is 6.17. The van der Waals surface area contributed by atoms with Crippen molar-refractivity contribution in [3.05, 3.63) is 45.2 Å². The number of aromatic amines is 1. The maximum Gasteiger partial charge on any atom is 0.253 e. The molecule has 0 aliphatic heterocycles. The van der Waals surface area contributed by atoms with Gasteiger partial charge in [-0.05, 0) is 67.9 Å². The van der Waals surface area contributed by atoms with Crippen LogP contribution in [0.2, 0.25) is 0 Å². The maximum absolute atomic E-state index is 12.7. The van der Waals surface area contributed by atoms with Gasteiger partial charge in [0.2, 0.25) is 0 Å². The normalized spacial score (nSPS) is 15.0. The predicted molar refractivity (Wildman–Crippen MR) is 119 cm³/mol. The van der Waals surface area contributed by atoms with Crippen LogP contribution in [0.4, 0.5) is 0 Å². The average Bonchev–Trinajstić information content (AvgIpc) is 2.69. The average molecular weight is 402 g/mol. The van der Waals surface area contributed by atoms with Gasteiger partial charge < -0.3 is 20.3 Å². The summed E-state index contributed by atoms with van der Waals surface area (Å²) in [7, 11) is 0. The van der Waals surface area contributed by atoms with E-state index >= 15 is 0 Å². The molecule has 0 spiro atoms. The number of nitrogens with one attached hydrogen (secondary N) is 2. The van der Waals surface area contributed by atoms with Gasteiger partial charge in [0, 0.05) is 24.8 Å². The number of thiocarbonyl (C=S) groups is 1. The van der Waals surface area contributed by atoms with E-state index in [9.17, 15) is 9.90 Å². The summed E-state index contributed by atoms with van der Waals surface area (Å²) in [5, 5.41) is 14.5. The highest BCUT2D eigenvalue weighted by molar-refractivity contribution is 7.80. The van der Waals surface area contributed by atoms with E-state index in [1.807, 2.05) is 30.9 Å². The number of aliphatic hydroxyl groups excluding tert-OH is 1. The summed E-state index contributed by atoms with van der Waals surface area (Å²) in [4.78, 5) is 17.8. The minimum atomic E-state index is -0.0735. The molecule has 1 saturated carbocycles. The second-order valence-corrected chi connectivity index (χ2v) is 8.27. The zero-order valence-electron chi connectivity index (χ0n) is 16.9. The van der Waals surface area contributed by atoms with E-state index in [0.29, 0.717) is 36.2 Å². The molecule has 5 nitrogen and oxygen atoms in total. The molecule has 0 bridgehead atoms. The SMILES string of the molecule is Cc1ccc2cc(CN(CCCO)C(=S)NC3CCCCC3)c(=O)[nH]c2c1C. The van der Waals surface area contributed by atoms with Crippen LogP contribution < -0.4 is 10.9 Å². The van der Waals surface area contributed by atoms with Crippen molar-refractivity contribution in [1.29, 1.82) is 0 Å². The fourth-order valence-corrected chi connectivity index (χ4v) is 4.24. The molecule has 1 heterocycles. The Bertz CT molecular complexity index is 887. The third kappa shape index (κ3) is 4.92. The minimum Gasteiger partial charge on any atom is -0.396 e. The van der Waals surface area contributed by atoms with E-state index < -0.39 is 0 Å². The van der Waals surface area contributed by atoms with Crippen molar-refractivity contribution in [2.75, 3.05) is 13.2 Å². The van der Waals surface area contributed by atoms with Gasteiger partial charge in [0.25, 0.3) is 5.56 Å². The summed E-state index contributed by atoms with van der Waals surface area (Å²) in [6.45, 7) is 5.25. The summed E-state index contributed by atoms with van der Waals surface area (Å²) in [6.07, 6.45) is 6.67. The molecule has 0 amide bonds.